The zero-order valence-electron chi connectivity index (χ0n) is 11.7. The van der Waals surface area contributed by atoms with Crippen LogP contribution in [0, 0.1) is 0 Å². The van der Waals surface area contributed by atoms with Crippen molar-refractivity contribution in [2.24, 2.45) is 5.73 Å². The van der Waals surface area contributed by atoms with Gasteiger partial charge in [0.15, 0.2) is 0 Å². The van der Waals surface area contributed by atoms with Crippen molar-refractivity contribution in [3.8, 4) is 11.5 Å². The maximum absolute atomic E-state index is 6.22. The summed E-state index contributed by atoms with van der Waals surface area (Å²) >= 11 is 6.22. The van der Waals surface area contributed by atoms with Crippen LogP contribution in [-0.4, -0.2) is 0 Å². The van der Waals surface area contributed by atoms with E-state index in [4.69, 9.17) is 22.1 Å². The van der Waals surface area contributed by atoms with E-state index in [0.717, 1.165) is 32.9 Å². The molecule has 0 saturated heterocycles. The molecular formula is C18H16ClNO. The maximum atomic E-state index is 6.22. The largest absolute Gasteiger partial charge is 0.457 e. The highest BCUT2D eigenvalue weighted by Crippen LogP contribution is 2.34. The fraction of sp³-hybridized carbons (Fsp3) is 0.111. The Morgan fingerprint density at radius 1 is 0.905 bits per heavy atom. The molecule has 2 nitrogen and oxygen atoms in total. The number of ether oxygens (including phenoxy) is 1. The van der Waals surface area contributed by atoms with E-state index in [0.29, 0.717) is 0 Å². The van der Waals surface area contributed by atoms with Gasteiger partial charge in [0.25, 0.3) is 0 Å². The lowest BCUT2D eigenvalue weighted by Gasteiger charge is -2.11. The Kier molecular flexibility index (Phi) is 3.82. The summed E-state index contributed by atoms with van der Waals surface area (Å²) in [7, 11) is 0. The Morgan fingerprint density at radius 3 is 2.24 bits per heavy atom. The lowest BCUT2D eigenvalue weighted by Crippen LogP contribution is -2.04. The normalized spacial score (nSPS) is 12.3. The molecule has 106 valence electrons. The van der Waals surface area contributed by atoms with Crippen molar-refractivity contribution in [3.63, 3.8) is 0 Å². The van der Waals surface area contributed by atoms with Crippen molar-refractivity contribution in [2.75, 3.05) is 0 Å². The Hall–Kier alpha value is -2.03. The minimum Gasteiger partial charge on any atom is -0.457 e. The molecule has 3 aromatic rings. The monoisotopic (exact) mass is 297 g/mol. The second kappa shape index (κ2) is 5.76. The molecule has 3 aromatic carbocycles. The van der Waals surface area contributed by atoms with Crippen LogP contribution < -0.4 is 10.5 Å². The van der Waals surface area contributed by atoms with E-state index < -0.39 is 0 Å². The molecule has 0 aliphatic heterocycles. The average Bonchev–Trinajstić information content (AvgIpc) is 2.51. The van der Waals surface area contributed by atoms with E-state index in [9.17, 15) is 0 Å². The molecule has 0 spiro atoms. The quantitative estimate of drug-likeness (QED) is 0.711. The third-order valence-corrected chi connectivity index (χ3v) is 3.79. The summed E-state index contributed by atoms with van der Waals surface area (Å²) in [6.07, 6.45) is 0. The van der Waals surface area contributed by atoms with E-state index in [1.165, 1.54) is 0 Å². The van der Waals surface area contributed by atoms with E-state index in [1.807, 2.05) is 67.6 Å². The summed E-state index contributed by atoms with van der Waals surface area (Å²) in [5, 5.41) is 2.72. The van der Waals surface area contributed by atoms with Crippen LogP contribution in [0.1, 0.15) is 18.5 Å². The first-order valence-corrected chi connectivity index (χ1v) is 7.23. The second-order valence-electron chi connectivity index (χ2n) is 5.05. The van der Waals surface area contributed by atoms with Gasteiger partial charge in [0, 0.05) is 21.8 Å². The minimum absolute atomic E-state index is 0.0235. The number of hydrogen-bond donors (Lipinski definition) is 1. The van der Waals surface area contributed by atoms with Gasteiger partial charge >= 0.3 is 0 Å². The number of benzene rings is 3. The Morgan fingerprint density at radius 2 is 1.57 bits per heavy atom. The van der Waals surface area contributed by atoms with Gasteiger partial charge in [0.2, 0.25) is 0 Å². The van der Waals surface area contributed by atoms with Crippen molar-refractivity contribution in [1.82, 2.24) is 0 Å². The number of halogens is 1. The van der Waals surface area contributed by atoms with Crippen LogP contribution in [0.3, 0.4) is 0 Å². The van der Waals surface area contributed by atoms with E-state index in [1.54, 1.807) is 0 Å². The zero-order chi connectivity index (χ0) is 14.8. The number of nitrogens with two attached hydrogens (primary N) is 1. The second-order valence-corrected chi connectivity index (χ2v) is 5.46. The highest BCUT2D eigenvalue weighted by molar-refractivity contribution is 6.35. The van der Waals surface area contributed by atoms with Crippen LogP contribution in [0.4, 0.5) is 0 Å². The van der Waals surface area contributed by atoms with Crippen molar-refractivity contribution in [2.45, 2.75) is 13.0 Å². The lowest BCUT2D eigenvalue weighted by atomic mass is 10.1. The van der Waals surface area contributed by atoms with Gasteiger partial charge in [-0.3, -0.25) is 0 Å². The molecule has 0 aliphatic rings. The van der Waals surface area contributed by atoms with Crippen LogP contribution >= 0.6 is 11.6 Å². The first-order valence-electron chi connectivity index (χ1n) is 6.86. The van der Waals surface area contributed by atoms with E-state index in [-0.39, 0.29) is 6.04 Å². The zero-order valence-corrected chi connectivity index (χ0v) is 12.5. The molecule has 0 bridgehead atoms. The van der Waals surface area contributed by atoms with Crippen molar-refractivity contribution >= 4 is 22.4 Å². The smallest absolute Gasteiger partial charge is 0.135 e. The van der Waals surface area contributed by atoms with Crippen molar-refractivity contribution in [1.29, 1.82) is 0 Å². The molecule has 0 radical (unpaired) electrons. The first kappa shape index (κ1) is 13.9. The molecule has 0 aliphatic carbocycles. The summed E-state index contributed by atoms with van der Waals surface area (Å²) in [5.41, 5.74) is 6.94. The fourth-order valence-corrected chi connectivity index (χ4v) is 2.52. The first-order chi connectivity index (χ1) is 10.1. The van der Waals surface area contributed by atoms with Gasteiger partial charge in [-0.1, -0.05) is 48.0 Å². The van der Waals surface area contributed by atoms with Crippen LogP contribution in [0.15, 0.2) is 60.7 Å². The summed E-state index contributed by atoms with van der Waals surface area (Å²) in [4.78, 5) is 0. The number of fused-ring (bicyclic) bond motifs is 1. The Bertz CT molecular complexity index is 766. The fourth-order valence-electron chi connectivity index (χ4n) is 2.29. The van der Waals surface area contributed by atoms with Gasteiger partial charge in [0.05, 0.1) is 0 Å². The van der Waals surface area contributed by atoms with Gasteiger partial charge in [-0.25, -0.2) is 0 Å². The molecule has 0 saturated carbocycles. The third-order valence-electron chi connectivity index (χ3n) is 3.46. The summed E-state index contributed by atoms with van der Waals surface area (Å²) in [5.74, 6) is 1.58. The van der Waals surface area contributed by atoms with E-state index >= 15 is 0 Å². The van der Waals surface area contributed by atoms with Gasteiger partial charge < -0.3 is 10.5 Å². The molecule has 0 aromatic heterocycles. The van der Waals surface area contributed by atoms with Gasteiger partial charge in [0.1, 0.15) is 11.5 Å². The topological polar surface area (TPSA) is 35.2 Å². The van der Waals surface area contributed by atoms with Crippen LogP contribution in [0.5, 0.6) is 11.5 Å². The van der Waals surface area contributed by atoms with Gasteiger partial charge in [-0.05, 0) is 36.8 Å². The summed E-state index contributed by atoms with van der Waals surface area (Å²) in [6.45, 7) is 1.96. The molecule has 1 atom stereocenters. The van der Waals surface area contributed by atoms with Crippen LogP contribution in [0.25, 0.3) is 10.8 Å². The SMILES string of the molecule is C[C@@H](N)c1ccc(Oc2ccc(Cl)c3ccccc23)cc1. The molecule has 3 rings (SSSR count). The molecule has 21 heavy (non-hydrogen) atoms. The van der Waals surface area contributed by atoms with Gasteiger partial charge in [-0.2, -0.15) is 0 Å². The van der Waals surface area contributed by atoms with E-state index in [2.05, 4.69) is 0 Å². The molecule has 0 amide bonds. The molecule has 0 heterocycles. The summed E-state index contributed by atoms with van der Waals surface area (Å²) in [6, 6.07) is 19.5. The Balaban J connectivity index is 1.96. The van der Waals surface area contributed by atoms with Crippen LogP contribution in [0.2, 0.25) is 5.02 Å². The standard InChI is InChI=1S/C18H16ClNO/c1-12(20)13-6-8-14(9-7-13)21-18-11-10-17(19)15-4-2-3-5-16(15)18/h2-12H,20H2,1H3/t12-/m1/s1. The number of hydrogen-bond acceptors (Lipinski definition) is 2. The number of rotatable bonds is 3. The average molecular weight is 298 g/mol. The van der Waals surface area contributed by atoms with Gasteiger partial charge in [-0.15, -0.1) is 0 Å². The third kappa shape index (κ3) is 2.87. The van der Waals surface area contributed by atoms with Crippen LogP contribution in [-0.2, 0) is 0 Å². The van der Waals surface area contributed by atoms with Crippen molar-refractivity contribution in [3.05, 3.63) is 71.2 Å². The summed E-state index contributed by atoms with van der Waals surface area (Å²) < 4.78 is 5.98. The minimum atomic E-state index is 0.0235. The molecule has 0 fully saturated rings. The Labute approximate surface area is 129 Å². The molecular weight excluding hydrogens is 282 g/mol. The predicted molar refractivity (Wildman–Crippen MR) is 88.1 cm³/mol. The lowest BCUT2D eigenvalue weighted by molar-refractivity contribution is 0.488. The predicted octanol–water partition coefficient (Wildman–Crippen LogP) is 5.31. The molecule has 2 N–H and O–H groups in total. The molecule has 0 unspecified atom stereocenters. The maximum Gasteiger partial charge on any atom is 0.135 e. The highest BCUT2D eigenvalue weighted by atomic mass is 35.5. The highest BCUT2D eigenvalue weighted by Gasteiger charge is 2.07. The van der Waals surface area contributed by atoms with Crippen molar-refractivity contribution < 1.29 is 4.74 Å². The molecule has 3 heteroatoms.